The number of pyridine rings is 1. The zero-order chi connectivity index (χ0) is 22.6. The van der Waals surface area contributed by atoms with Crippen molar-refractivity contribution in [2.45, 2.75) is 25.8 Å². The van der Waals surface area contributed by atoms with Gasteiger partial charge in [0.15, 0.2) is 5.82 Å². The first-order valence-corrected chi connectivity index (χ1v) is 9.94. The Morgan fingerprint density at radius 2 is 1.84 bits per heavy atom. The van der Waals surface area contributed by atoms with Crippen LogP contribution in [0.4, 0.5) is 4.39 Å². The van der Waals surface area contributed by atoms with Crippen molar-refractivity contribution in [1.82, 2.24) is 30.9 Å². The summed E-state index contributed by atoms with van der Waals surface area (Å²) in [7, 11) is 0. The molecule has 0 bridgehead atoms. The molecule has 8 nitrogen and oxygen atoms in total. The van der Waals surface area contributed by atoms with E-state index in [1.807, 2.05) is 38.1 Å². The second-order valence-electron chi connectivity index (χ2n) is 7.67. The van der Waals surface area contributed by atoms with Crippen molar-refractivity contribution in [2.75, 3.05) is 0 Å². The first-order chi connectivity index (χ1) is 15.4. The number of rotatable bonds is 7. The fourth-order valence-corrected chi connectivity index (χ4v) is 3.14. The third-order valence-corrected chi connectivity index (χ3v) is 5.11. The molecular weight excluding hydrogens is 411 g/mol. The quantitative estimate of drug-likeness (QED) is 0.460. The molecule has 0 aliphatic carbocycles. The molecule has 162 valence electrons. The van der Waals surface area contributed by atoms with Gasteiger partial charge in [0.25, 0.3) is 5.91 Å². The standard InChI is InChI=1S/C23H21FN6O2/c1-23(2,22-27-29-30-28-22)16-7-5-15(6-8-16)14-26-20(31)19-4-3-13-25-21(19)32-18-11-9-17(24)10-12-18/h3-13H,14H2,1-2H3,(H,26,31)(H,27,28,29,30). The molecule has 2 N–H and O–H groups in total. The Bertz CT molecular complexity index is 1190. The van der Waals surface area contributed by atoms with Crippen molar-refractivity contribution >= 4 is 5.91 Å². The number of nitrogens with zero attached hydrogens (tertiary/aromatic N) is 4. The van der Waals surface area contributed by atoms with Gasteiger partial charge in [-0.25, -0.2) is 14.5 Å². The van der Waals surface area contributed by atoms with Crippen molar-refractivity contribution in [3.05, 3.63) is 95.2 Å². The van der Waals surface area contributed by atoms with E-state index >= 15 is 0 Å². The van der Waals surface area contributed by atoms with Gasteiger partial charge in [-0.3, -0.25) is 4.79 Å². The van der Waals surface area contributed by atoms with Gasteiger partial charge in [0, 0.05) is 12.7 Å². The number of benzene rings is 2. The van der Waals surface area contributed by atoms with Crippen molar-refractivity contribution in [3.63, 3.8) is 0 Å². The van der Waals surface area contributed by atoms with Gasteiger partial charge in [0.05, 0.1) is 5.41 Å². The first-order valence-electron chi connectivity index (χ1n) is 9.94. The van der Waals surface area contributed by atoms with Crippen LogP contribution in [0.15, 0.2) is 66.9 Å². The lowest BCUT2D eigenvalue weighted by Crippen LogP contribution is -2.24. The van der Waals surface area contributed by atoms with Gasteiger partial charge in [-0.1, -0.05) is 24.3 Å². The number of carbonyl (C=O) groups is 1. The number of hydrogen-bond acceptors (Lipinski definition) is 6. The number of halogens is 1. The van der Waals surface area contributed by atoms with E-state index in [0.29, 0.717) is 18.1 Å². The minimum atomic E-state index is -0.381. The summed E-state index contributed by atoms with van der Waals surface area (Å²) in [6.45, 7) is 4.38. The summed E-state index contributed by atoms with van der Waals surface area (Å²) in [5.74, 6) is 0.507. The van der Waals surface area contributed by atoms with Gasteiger partial charge in [-0.2, -0.15) is 0 Å². The molecule has 32 heavy (non-hydrogen) atoms. The summed E-state index contributed by atoms with van der Waals surface area (Å²) in [6.07, 6.45) is 1.53. The molecule has 0 unspecified atom stereocenters. The lowest BCUT2D eigenvalue weighted by Gasteiger charge is -2.21. The Kier molecular flexibility index (Phi) is 5.89. The average molecular weight is 432 g/mol. The lowest BCUT2D eigenvalue weighted by molar-refractivity contribution is 0.0948. The molecule has 4 aromatic rings. The molecule has 2 aromatic heterocycles. The van der Waals surface area contributed by atoms with Gasteiger partial charge in [-0.15, -0.1) is 5.10 Å². The molecule has 1 amide bonds. The van der Waals surface area contributed by atoms with Crippen molar-refractivity contribution in [2.24, 2.45) is 0 Å². The maximum absolute atomic E-state index is 13.1. The van der Waals surface area contributed by atoms with Crippen molar-refractivity contribution in [3.8, 4) is 11.6 Å². The third-order valence-electron chi connectivity index (χ3n) is 5.11. The van der Waals surface area contributed by atoms with E-state index in [1.165, 1.54) is 30.5 Å². The summed E-state index contributed by atoms with van der Waals surface area (Å²) in [5, 5.41) is 17.0. The Morgan fingerprint density at radius 1 is 1.09 bits per heavy atom. The first kappa shape index (κ1) is 21.1. The second kappa shape index (κ2) is 8.93. The van der Waals surface area contributed by atoms with Crippen molar-refractivity contribution in [1.29, 1.82) is 0 Å². The molecule has 0 atom stereocenters. The third kappa shape index (κ3) is 4.61. The number of hydrogen-bond donors (Lipinski definition) is 2. The minimum absolute atomic E-state index is 0.148. The van der Waals surface area contributed by atoms with Crippen LogP contribution in [0.3, 0.4) is 0 Å². The predicted octanol–water partition coefficient (Wildman–Crippen LogP) is 3.78. The number of aromatic amines is 1. The smallest absolute Gasteiger partial charge is 0.257 e. The van der Waals surface area contributed by atoms with Crippen LogP contribution in [0.2, 0.25) is 0 Å². The van der Waals surface area contributed by atoms with Crippen LogP contribution in [0, 0.1) is 5.82 Å². The zero-order valence-electron chi connectivity index (χ0n) is 17.5. The van der Waals surface area contributed by atoms with Crippen LogP contribution in [0.1, 0.15) is 41.2 Å². The zero-order valence-corrected chi connectivity index (χ0v) is 17.5. The van der Waals surface area contributed by atoms with Gasteiger partial charge >= 0.3 is 0 Å². The molecule has 0 saturated carbocycles. The van der Waals surface area contributed by atoms with Gasteiger partial charge < -0.3 is 10.1 Å². The van der Waals surface area contributed by atoms with Gasteiger partial charge in [0.2, 0.25) is 5.88 Å². The SMILES string of the molecule is CC(C)(c1ccc(CNC(=O)c2cccnc2Oc2ccc(F)cc2)cc1)c1nnn[nH]1. The molecule has 9 heteroatoms. The summed E-state index contributed by atoms with van der Waals surface area (Å²) < 4.78 is 18.8. The van der Waals surface area contributed by atoms with E-state index in [2.05, 4.69) is 30.9 Å². The number of tetrazole rings is 1. The topological polar surface area (TPSA) is 106 Å². The lowest BCUT2D eigenvalue weighted by atomic mass is 9.83. The number of aromatic nitrogens is 5. The Balaban J connectivity index is 1.42. The van der Waals surface area contributed by atoms with Crippen LogP contribution in [0.25, 0.3) is 0 Å². The fourth-order valence-electron chi connectivity index (χ4n) is 3.14. The van der Waals surface area contributed by atoms with Crippen LogP contribution in [0.5, 0.6) is 11.6 Å². The minimum Gasteiger partial charge on any atom is -0.438 e. The number of amides is 1. The van der Waals surface area contributed by atoms with E-state index in [-0.39, 0.29) is 28.6 Å². The van der Waals surface area contributed by atoms with E-state index in [1.54, 1.807) is 12.1 Å². The van der Waals surface area contributed by atoms with Crippen molar-refractivity contribution < 1.29 is 13.9 Å². The highest BCUT2D eigenvalue weighted by atomic mass is 19.1. The highest BCUT2D eigenvalue weighted by Gasteiger charge is 2.26. The number of carbonyl (C=O) groups excluding carboxylic acids is 1. The molecule has 0 radical (unpaired) electrons. The van der Waals surface area contributed by atoms with E-state index in [9.17, 15) is 9.18 Å². The summed E-state index contributed by atoms with van der Waals surface area (Å²) in [5.41, 5.74) is 1.87. The average Bonchev–Trinajstić information content (AvgIpc) is 3.36. The fraction of sp³-hybridized carbons (Fsp3) is 0.174. The second-order valence-corrected chi connectivity index (χ2v) is 7.67. The predicted molar refractivity (Wildman–Crippen MR) is 115 cm³/mol. The number of ether oxygens (including phenoxy) is 1. The molecule has 0 aliphatic heterocycles. The molecule has 0 saturated heterocycles. The Hall–Kier alpha value is -4.14. The molecule has 4 rings (SSSR count). The summed E-state index contributed by atoms with van der Waals surface area (Å²) in [4.78, 5) is 16.9. The largest absolute Gasteiger partial charge is 0.438 e. The maximum Gasteiger partial charge on any atom is 0.257 e. The van der Waals surface area contributed by atoms with Crippen LogP contribution in [-0.4, -0.2) is 31.5 Å². The molecule has 0 spiro atoms. The van der Waals surface area contributed by atoms with E-state index in [0.717, 1.165) is 11.1 Å². The van der Waals surface area contributed by atoms with E-state index < -0.39 is 0 Å². The normalized spacial score (nSPS) is 11.2. The maximum atomic E-state index is 13.1. The highest BCUT2D eigenvalue weighted by molar-refractivity contribution is 5.96. The van der Waals surface area contributed by atoms with Gasteiger partial charge in [-0.05, 0) is 71.8 Å². The highest BCUT2D eigenvalue weighted by Crippen LogP contribution is 2.28. The van der Waals surface area contributed by atoms with Crippen LogP contribution >= 0.6 is 0 Å². The van der Waals surface area contributed by atoms with E-state index in [4.69, 9.17) is 4.74 Å². The molecule has 0 fully saturated rings. The molecule has 2 heterocycles. The molecule has 2 aromatic carbocycles. The van der Waals surface area contributed by atoms with Gasteiger partial charge in [0.1, 0.15) is 17.1 Å². The van der Waals surface area contributed by atoms with Crippen LogP contribution in [-0.2, 0) is 12.0 Å². The molecule has 0 aliphatic rings. The van der Waals surface area contributed by atoms with Crippen LogP contribution < -0.4 is 10.1 Å². The number of nitrogens with one attached hydrogen (secondary N) is 2. The Labute approximate surface area is 183 Å². The Morgan fingerprint density at radius 3 is 2.53 bits per heavy atom. The molecular formula is C23H21FN6O2. The summed E-state index contributed by atoms with van der Waals surface area (Å²) >= 11 is 0. The monoisotopic (exact) mass is 432 g/mol. The summed E-state index contributed by atoms with van der Waals surface area (Å²) in [6, 6.07) is 16.6. The number of H-pyrrole nitrogens is 1.